The van der Waals surface area contributed by atoms with Gasteiger partial charge in [0, 0.05) is 33.6 Å². The zero-order chi connectivity index (χ0) is 20.4. The van der Waals surface area contributed by atoms with Crippen LogP contribution in [0.1, 0.15) is 54.7 Å². The average molecular weight is 405 g/mol. The molecule has 2 aliphatic rings. The summed E-state index contributed by atoms with van der Waals surface area (Å²) in [6.45, 7) is 2.18. The molecule has 6 heteroatoms. The number of anilines is 1. The van der Waals surface area contributed by atoms with Gasteiger partial charge in [0.2, 0.25) is 0 Å². The minimum absolute atomic E-state index is 0.119. The Morgan fingerprint density at radius 3 is 2.93 bits per heavy atom. The molecule has 1 unspecified atom stereocenters. The Kier molecular flexibility index (Phi) is 5.50. The van der Waals surface area contributed by atoms with Crippen LogP contribution in [0, 0.1) is 11.3 Å². The Morgan fingerprint density at radius 1 is 1.34 bits per heavy atom. The molecule has 0 saturated heterocycles. The summed E-state index contributed by atoms with van der Waals surface area (Å²) in [7, 11) is 0. The van der Waals surface area contributed by atoms with Crippen molar-refractivity contribution >= 4 is 22.8 Å². The number of pyridine rings is 1. The van der Waals surface area contributed by atoms with Gasteiger partial charge in [0.05, 0.1) is 29.4 Å². The van der Waals surface area contributed by atoms with Crippen molar-refractivity contribution in [2.75, 3.05) is 4.90 Å². The third-order valence-electron chi connectivity index (χ3n) is 5.56. The predicted octanol–water partition coefficient (Wildman–Crippen LogP) is 4.79. The number of allylic oxidation sites excluding steroid dienone is 3. The number of nitriles is 1. The first kappa shape index (κ1) is 19.4. The number of aromatic nitrogens is 1. The highest BCUT2D eigenvalue weighted by Crippen LogP contribution is 2.47. The largest absolute Gasteiger partial charge is 0.384 e. The van der Waals surface area contributed by atoms with Crippen LogP contribution in [0.2, 0.25) is 0 Å². The van der Waals surface area contributed by atoms with E-state index in [4.69, 9.17) is 5.73 Å². The molecular formula is C23H24N4OS. The van der Waals surface area contributed by atoms with Crippen molar-refractivity contribution in [1.82, 2.24) is 4.98 Å². The van der Waals surface area contributed by atoms with Gasteiger partial charge in [0.1, 0.15) is 5.82 Å². The maximum Gasteiger partial charge on any atom is 0.161 e. The Labute approximate surface area is 175 Å². The van der Waals surface area contributed by atoms with E-state index in [1.165, 1.54) is 4.88 Å². The molecule has 0 saturated carbocycles. The van der Waals surface area contributed by atoms with Gasteiger partial charge < -0.3 is 5.73 Å². The Bertz CT molecular complexity index is 1030. The number of rotatable bonds is 5. The van der Waals surface area contributed by atoms with Gasteiger partial charge in [0.25, 0.3) is 0 Å². The van der Waals surface area contributed by atoms with Gasteiger partial charge >= 0.3 is 0 Å². The molecule has 2 aromatic heterocycles. The maximum absolute atomic E-state index is 13.1. The number of hydrogen-bond donors (Lipinski definition) is 1. The fourth-order valence-electron chi connectivity index (χ4n) is 4.19. The van der Waals surface area contributed by atoms with Gasteiger partial charge in [-0.1, -0.05) is 13.3 Å². The number of unbranched alkanes of at least 4 members (excludes halogenated alkanes) is 1. The molecule has 148 valence electrons. The van der Waals surface area contributed by atoms with Gasteiger partial charge in [-0.05, 0) is 49.9 Å². The summed E-state index contributed by atoms with van der Waals surface area (Å²) < 4.78 is 0. The van der Waals surface area contributed by atoms with Crippen LogP contribution in [-0.2, 0) is 11.2 Å². The van der Waals surface area contributed by atoms with E-state index < -0.39 is 0 Å². The standard InChI is InChI=1S/C23H24N4OS/c1-2-3-7-16-10-11-20(29-16)21-17(13-24)23(25)27(15-6-5-12-26-14-15)18-8-4-9-19(28)22(18)21/h5-6,10-12,14,21H,2-4,7-9,25H2,1H3. The molecular weight excluding hydrogens is 380 g/mol. The lowest BCUT2D eigenvalue weighted by Gasteiger charge is -2.39. The van der Waals surface area contributed by atoms with Gasteiger partial charge in [-0.15, -0.1) is 11.3 Å². The van der Waals surface area contributed by atoms with Gasteiger partial charge in [-0.25, -0.2) is 0 Å². The molecule has 5 nitrogen and oxygen atoms in total. The summed E-state index contributed by atoms with van der Waals surface area (Å²) in [5.41, 5.74) is 9.43. The van der Waals surface area contributed by atoms with E-state index in [0.29, 0.717) is 17.8 Å². The number of aryl methyl sites for hydroxylation is 1. The monoisotopic (exact) mass is 404 g/mol. The molecule has 0 amide bonds. The zero-order valence-corrected chi connectivity index (χ0v) is 17.3. The zero-order valence-electron chi connectivity index (χ0n) is 16.5. The van der Waals surface area contributed by atoms with Crippen molar-refractivity contribution in [3.8, 4) is 6.07 Å². The Hall–Kier alpha value is -2.91. The second kappa shape index (κ2) is 8.22. The fraction of sp³-hybridized carbons (Fsp3) is 0.348. The highest BCUT2D eigenvalue weighted by molar-refractivity contribution is 7.12. The summed E-state index contributed by atoms with van der Waals surface area (Å²) in [6.07, 6.45) is 8.80. The smallest absolute Gasteiger partial charge is 0.161 e. The summed E-state index contributed by atoms with van der Waals surface area (Å²) in [6, 6.07) is 10.3. The van der Waals surface area contributed by atoms with Crippen LogP contribution in [-0.4, -0.2) is 10.8 Å². The molecule has 2 N–H and O–H groups in total. The maximum atomic E-state index is 13.1. The molecule has 0 bridgehead atoms. The lowest BCUT2D eigenvalue weighted by molar-refractivity contribution is -0.116. The molecule has 1 aliphatic carbocycles. The van der Waals surface area contributed by atoms with Crippen LogP contribution in [0.15, 0.2) is 59.3 Å². The Balaban J connectivity index is 1.86. The molecule has 0 radical (unpaired) electrons. The third-order valence-corrected chi connectivity index (χ3v) is 6.77. The van der Waals surface area contributed by atoms with E-state index in [1.807, 2.05) is 17.0 Å². The normalized spacial score (nSPS) is 19.4. The average Bonchev–Trinajstić information content (AvgIpc) is 3.21. The SMILES string of the molecule is CCCCc1ccc(C2C(C#N)=C(N)N(c3cccnc3)C3=C2C(=O)CCC3)s1. The minimum atomic E-state index is -0.365. The minimum Gasteiger partial charge on any atom is -0.384 e. The molecule has 0 fully saturated rings. The van der Waals surface area contributed by atoms with Crippen LogP contribution in [0.4, 0.5) is 5.69 Å². The molecule has 3 heterocycles. The van der Waals surface area contributed by atoms with Gasteiger partial charge in [0.15, 0.2) is 5.78 Å². The molecule has 1 aliphatic heterocycles. The van der Waals surface area contributed by atoms with Crippen molar-refractivity contribution in [3.63, 3.8) is 0 Å². The summed E-state index contributed by atoms with van der Waals surface area (Å²) in [4.78, 5) is 21.5. The first-order valence-corrected chi connectivity index (χ1v) is 10.9. The lowest BCUT2D eigenvalue weighted by Crippen LogP contribution is -2.38. The van der Waals surface area contributed by atoms with E-state index in [9.17, 15) is 10.1 Å². The summed E-state index contributed by atoms with van der Waals surface area (Å²) in [5.74, 6) is 0.160. The first-order valence-electron chi connectivity index (χ1n) is 10.1. The van der Waals surface area contributed by atoms with Gasteiger partial charge in [-0.3, -0.25) is 14.7 Å². The second-order valence-corrected chi connectivity index (χ2v) is 8.64. The van der Waals surface area contributed by atoms with Crippen LogP contribution in [0.3, 0.4) is 0 Å². The number of thiophene rings is 1. The van der Waals surface area contributed by atoms with Crippen molar-refractivity contribution in [2.24, 2.45) is 5.73 Å². The van der Waals surface area contributed by atoms with Crippen molar-refractivity contribution in [3.05, 3.63) is 69.1 Å². The number of nitrogens with two attached hydrogens (primary N) is 1. The van der Waals surface area contributed by atoms with Crippen LogP contribution in [0.25, 0.3) is 0 Å². The highest BCUT2D eigenvalue weighted by Gasteiger charge is 2.40. The number of ketones is 1. The molecule has 29 heavy (non-hydrogen) atoms. The molecule has 1 atom stereocenters. The van der Waals surface area contributed by atoms with E-state index in [2.05, 4.69) is 30.1 Å². The Morgan fingerprint density at radius 2 is 2.21 bits per heavy atom. The second-order valence-electron chi connectivity index (χ2n) is 7.44. The van der Waals surface area contributed by atoms with E-state index in [-0.39, 0.29) is 11.7 Å². The number of carbonyl (C=O) groups excluding carboxylic acids is 1. The van der Waals surface area contributed by atoms with Crippen LogP contribution >= 0.6 is 11.3 Å². The van der Waals surface area contributed by atoms with E-state index in [0.717, 1.165) is 53.9 Å². The van der Waals surface area contributed by atoms with Crippen LogP contribution < -0.4 is 10.6 Å². The number of nitrogens with zero attached hydrogens (tertiary/aromatic N) is 3. The number of Topliss-reactive ketones (excluding diaryl/α,β-unsaturated/α-hetero) is 1. The predicted molar refractivity (Wildman–Crippen MR) is 115 cm³/mol. The van der Waals surface area contributed by atoms with Crippen molar-refractivity contribution in [1.29, 1.82) is 5.26 Å². The molecule has 0 aromatic carbocycles. The van der Waals surface area contributed by atoms with Crippen molar-refractivity contribution in [2.45, 2.75) is 51.4 Å². The summed E-state index contributed by atoms with van der Waals surface area (Å²) >= 11 is 1.70. The van der Waals surface area contributed by atoms with Crippen molar-refractivity contribution < 1.29 is 4.79 Å². The van der Waals surface area contributed by atoms with Crippen LogP contribution in [0.5, 0.6) is 0 Å². The first-order chi connectivity index (χ1) is 14.2. The molecule has 4 rings (SSSR count). The quantitative estimate of drug-likeness (QED) is 0.775. The molecule has 0 spiro atoms. The molecule has 2 aromatic rings. The number of hydrogen-bond acceptors (Lipinski definition) is 6. The van der Waals surface area contributed by atoms with Gasteiger partial charge in [-0.2, -0.15) is 5.26 Å². The van der Waals surface area contributed by atoms with E-state index >= 15 is 0 Å². The van der Waals surface area contributed by atoms with E-state index in [1.54, 1.807) is 23.7 Å². The lowest BCUT2D eigenvalue weighted by atomic mass is 9.78. The fourth-order valence-corrected chi connectivity index (χ4v) is 5.36. The topological polar surface area (TPSA) is 83.0 Å². The number of carbonyl (C=O) groups is 1. The summed E-state index contributed by atoms with van der Waals surface area (Å²) in [5, 5.41) is 10.0. The third kappa shape index (κ3) is 3.47. The highest BCUT2D eigenvalue weighted by atomic mass is 32.1.